The maximum Gasteiger partial charge on any atom is 0.258 e. The lowest BCUT2D eigenvalue weighted by Crippen LogP contribution is -2.28. The second-order valence-corrected chi connectivity index (χ2v) is 4.26. The van der Waals surface area contributed by atoms with E-state index in [4.69, 9.17) is 16.3 Å². The number of hydrogen-bond donors (Lipinski definition) is 1. The second kappa shape index (κ2) is 6.75. The molecule has 0 aliphatic carbocycles. The molecule has 1 amide bonds. The molecule has 19 heavy (non-hydrogen) atoms. The van der Waals surface area contributed by atoms with E-state index in [1.807, 2.05) is 12.1 Å². The van der Waals surface area contributed by atoms with Crippen LogP contribution in [0.15, 0.2) is 48.8 Å². The first kappa shape index (κ1) is 13.4. The van der Waals surface area contributed by atoms with Crippen LogP contribution in [-0.4, -0.2) is 17.5 Å². The van der Waals surface area contributed by atoms with Crippen LogP contribution < -0.4 is 10.1 Å². The summed E-state index contributed by atoms with van der Waals surface area (Å²) in [7, 11) is 0. The molecule has 0 unspecified atom stereocenters. The number of pyridine rings is 1. The van der Waals surface area contributed by atoms with Gasteiger partial charge < -0.3 is 10.1 Å². The van der Waals surface area contributed by atoms with Crippen molar-refractivity contribution in [2.24, 2.45) is 0 Å². The third-order valence-corrected chi connectivity index (χ3v) is 2.72. The summed E-state index contributed by atoms with van der Waals surface area (Å²) < 4.78 is 5.33. The molecule has 1 aromatic heterocycles. The van der Waals surface area contributed by atoms with Crippen LogP contribution in [0.25, 0.3) is 0 Å². The number of hydrogen-bond acceptors (Lipinski definition) is 3. The molecule has 0 aliphatic heterocycles. The highest BCUT2D eigenvalue weighted by atomic mass is 35.5. The summed E-state index contributed by atoms with van der Waals surface area (Å²) in [4.78, 5) is 15.6. The number of ether oxygens (including phenoxy) is 1. The lowest BCUT2D eigenvalue weighted by Gasteiger charge is -2.08. The molecule has 1 heterocycles. The molecular weight excluding hydrogens is 264 g/mol. The number of carbonyl (C=O) groups is 1. The Kier molecular flexibility index (Phi) is 4.75. The van der Waals surface area contributed by atoms with Gasteiger partial charge >= 0.3 is 0 Å². The van der Waals surface area contributed by atoms with E-state index in [0.29, 0.717) is 17.3 Å². The number of benzene rings is 1. The molecule has 0 atom stereocenters. The SMILES string of the molecule is O=C(COc1ccccc1Cl)NCc1cccnc1. The summed E-state index contributed by atoms with van der Waals surface area (Å²) in [5.41, 5.74) is 0.939. The summed E-state index contributed by atoms with van der Waals surface area (Å²) >= 11 is 5.92. The zero-order valence-electron chi connectivity index (χ0n) is 10.2. The van der Waals surface area contributed by atoms with E-state index in [2.05, 4.69) is 10.3 Å². The van der Waals surface area contributed by atoms with Crippen molar-refractivity contribution in [3.05, 3.63) is 59.4 Å². The van der Waals surface area contributed by atoms with Crippen molar-refractivity contribution in [2.75, 3.05) is 6.61 Å². The third-order valence-electron chi connectivity index (χ3n) is 2.41. The minimum atomic E-state index is -0.205. The van der Waals surface area contributed by atoms with Gasteiger partial charge in [-0.25, -0.2) is 0 Å². The standard InChI is InChI=1S/C14H13ClN2O2/c15-12-5-1-2-6-13(12)19-10-14(18)17-9-11-4-3-7-16-8-11/h1-8H,9-10H2,(H,17,18). The molecule has 2 rings (SSSR count). The molecule has 0 aliphatic rings. The first-order chi connectivity index (χ1) is 9.25. The van der Waals surface area contributed by atoms with Crippen molar-refractivity contribution in [1.29, 1.82) is 0 Å². The molecule has 5 heteroatoms. The van der Waals surface area contributed by atoms with Crippen LogP contribution in [0.2, 0.25) is 5.02 Å². The molecule has 1 aromatic carbocycles. The molecule has 98 valence electrons. The van der Waals surface area contributed by atoms with Crippen molar-refractivity contribution < 1.29 is 9.53 Å². The summed E-state index contributed by atoms with van der Waals surface area (Å²) in [5.74, 6) is 0.296. The number of aromatic nitrogens is 1. The number of halogens is 1. The highest BCUT2D eigenvalue weighted by Crippen LogP contribution is 2.22. The predicted octanol–water partition coefficient (Wildman–Crippen LogP) is 2.43. The van der Waals surface area contributed by atoms with Gasteiger partial charge in [0.1, 0.15) is 5.75 Å². The summed E-state index contributed by atoms with van der Waals surface area (Å²) in [6.45, 7) is 0.364. The van der Waals surface area contributed by atoms with Crippen LogP contribution in [0.5, 0.6) is 5.75 Å². The Labute approximate surface area is 116 Å². The van der Waals surface area contributed by atoms with Crippen molar-refractivity contribution in [1.82, 2.24) is 10.3 Å². The first-order valence-corrected chi connectivity index (χ1v) is 6.16. The van der Waals surface area contributed by atoms with E-state index in [9.17, 15) is 4.79 Å². The highest BCUT2D eigenvalue weighted by Gasteiger charge is 2.05. The number of carbonyl (C=O) groups excluding carboxylic acids is 1. The minimum Gasteiger partial charge on any atom is -0.482 e. The quantitative estimate of drug-likeness (QED) is 0.912. The minimum absolute atomic E-state index is 0.0655. The lowest BCUT2D eigenvalue weighted by molar-refractivity contribution is -0.123. The largest absolute Gasteiger partial charge is 0.482 e. The van der Waals surface area contributed by atoms with Gasteiger partial charge in [0.25, 0.3) is 5.91 Å². The van der Waals surface area contributed by atoms with Crippen molar-refractivity contribution >= 4 is 17.5 Å². The zero-order valence-corrected chi connectivity index (χ0v) is 10.9. The van der Waals surface area contributed by atoms with Gasteiger partial charge in [0.2, 0.25) is 0 Å². The number of para-hydroxylation sites is 1. The molecule has 0 spiro atoms. The lowest BCUT2D eigenvalue weighted by atomic mass is 10.3. The number of nitrogens with one attached hydrogen (secondary N) is 1. The van der Waals surface area contributed by atoms with E-state index in [1.54, 1.807) is 36.7 Å². The molecule has 1 N–H and O–H groups in total. The Morgan fingerprint density at radius 2 is 2.11 bits per heavy atom. The molecule has 0 bridgehead atoms. The van der Waals surface area contributed by atoms with E-state index >= 15 is 0 Å². The molecule has 0 saturated heterocycles. The monoisotopic (exact) mass is 276 g/mol. The molecule has 2 aromatic rings. The maximum atomic E-state index is 11.6. The fourth-order valence-corrected chi connectivity index (χ4v) is 1.65. The number of nitrogens with zero attached hydrogens (tertiary/aromatic N) is 1. The van der Waals surface area contributed by atoms with Crippen molar-refractivity contribution in [3.8, 4) is 5.75 Å². The molecule has 0 fully saturated rings. The number of amides is 1. The van der Waals surface area contributed by atoms with E-state index in [0.717, 1.165) is 5.56 Å². The Morgan fingerprint density at radius 1 is 1.26 bits per heavy atom. The Balaban J connectivity index is 1.78. The normalized spacial score (nSPS) is 9.95. The topological polar surface area (TPSA) is 51.2 Å². The van der Waals surface area contributed by atoms with Crippen LogP contribution in [0.4, 0.5) is 0 Å². The second-order valence-electron chi connectivity index (χ2n) is 3.86. The average Bonchev–Trinajstić information content (AvgIpc) is 2.45. The number of rotatable bonds is 5. The van der Waals surface area contributed by atoms with E-state index in [-0.39, 0.29) is 12.5 Å². The van der Waals surface area contributed by atoms with Gasteiger partial charge in [-0.1, -0.05) is 29.8 Å². The summed E-state index contributed by atoms with van der Waals surface area (Å²) in [6, 6.07) is 10.7. The van der Waals surface area contributed by atoms with Crippen LogP contribution in [-0.2, 0) is 11.3 Å². The molecule has 0 saturated carbocycles. The summed E-state index contributed by atoms with van der Waals surface area (Å²) in [6.07, 6.45) is 3.39. The zero-order chi connectivity index (χ0) is 13.5. The van der Waals surface area contributed by atoms with Gasteiger partial charge in [-0.05, 0) is 23.8 Å². The maximum absolute atomic E-state index is 11.6. The van der Waals surface area contributed by atoms with Gasteiger partial charge in [-0.2, -0.15) is 0 Å². The predicted molar refractivity (Wildman–Crippen MR) is 73.0 cm³/mol. The Bertz CT molecular complexity index is 546. The van der Waals surface area contributed by atoms with Gasteiger partial charge in [0.15, 0.2) is 6.61 Å². The van der Waals surface area contributed by atoms with E-state index < -0.39 is 0 Å². The smallest absolute Gasteiger partial charge is 0.258 e. The fourth-order valence-electron chi connectivity index (χ4n) is 1.46. The van der Waals surface area contributed by atoms with E-state index in [1.165, 1.54) is 0 Å². The average molecular weight is 277 g/mol. The van der Waals surface area contributed by atoms with Crippen molar-refractivity contribution in [2.45, 2.75) is 6.54 Å². The van der Waals surface area contributed by atoms with Gasteiger partial charge in [-0.3, -0.25) is 9.78 Å². The van der Waals surface area contributed by atoms with Gasteiger partial charge in [-0.15, -0.1) is 0 Å². The first-order valence-electron chi connectivity index (χ1n) is 5.78. The van der Waals surface area contributed by atoms with Crippen LogP contribution >= 0.6 is 11.6 Å². The van der Waals surface area contributed by atoms with Crippen LogP contribution in [0.1, 0.15) is 5.56 Å². The van der Waals surface area contributed by atoms with Crippen LogP contribution in [0, 0.1) is 0 Å². The van der Waals surface area contributed by atoms with Crippen LogP contribution in [0.3, 0.4) is 0 Å². The van der Waals surface area contributed by atoms with Gasteiger partial charge in [0, 0.05) is 18.9 Å². The summed E-state index contributed by atoms with van der Waals surface area (Å²) in [5, 5.41) is 3.23. The molecular formula is C14H13ClN2O2. The molecule has 0 radical (unpaired) electrons. The Hall–Kier alpha value is -2.07. The van der Waals surface area contributed by atoms with Gasteiger partial charge in [0.05, 0.1) is 5.02 Å². The highest BCUT2D eigenvalue weighted by molar-refractivity contribution is 6.32. The molecule has 4 nitrogen and oxygen atoms in total. The Morgan fingerprint density at radius 3 is 2.84 bits per heavy atom. The fraction of sp³-hybridized carbons (Fsp3) is 0.143. The van der Waals surface area contributed by atoms with Crippen molar-refractivity contribution in [3.63, 3.8) is 0 Å². The third kappa shape index (κ3) is 4.26.